The van der Waals surface area contributed by atoms with Crippen LogP contribution in [0.3, 0.4) is 0 Å². The van der Waals surface area contributed by atoms with Crippen molar-refractivity contribution in [2.24, 2.45) is 5.14 Å². The summed E-state index contributed by atoms with van der Waals surface area (Å²) in [7, 11) is -4.25. The fourth-order valence-electron chi connectivity index (χ4n) is 3.95. The Labute approximate surface area is 224 Å². The molecule has 2 aromatic heterocycles. The first-order valence-electron chi connectivity index (χ1n) is 12.4. The van der Waals surface area contributed by atoms with Crippen molar-refractivity contribution in [1.29, 1.82) is 0 Å². The second-order valence-electron chi connectivity index (χ2n) is 8.66. The molecule has 2 saturated heterocycles. The van der Waals surface area contributed by atoms with E-state index in [-0.39, 0.29) is 6.10 Å². The third kappa shape index (κ3) is 8.69. The maximum atomic E-state index is 11.1. The number of aromatic nitrogens is 4. The van der Waals surface area contributed by atoms with Gasteiger partial charge in [-0.3, -0.25) is 8.75 Å². The predicted octanol–water partition coefficient (Wildman–Crippen LogP) is -2.46. The van der Waals surface area contributed by atoms with Crippen molar-refractivity contribution in [2.45, 2.75) is 30.6 Å². The Bertz CT molecular complexity index is 1120. The Hall–Kier alpha value is -2.10. The highest BCUT2D eigenvalue weighted by Crippen LogP contribution is 2.32. The largest absolute Gasteiger partial charge is 0.387 e. The number of aliphatic hydroxyl groups is 2. The van der Waals surface area contributed by atoms with Crippen LogP contribution in [0.2, 0.25) is 0 Å². The Balaban J connectivity index is 1.39. The summed E-state index contributed by atoms with van der Waals surface area (Å²) in [6.07, 6.45) is -2.78. The second kappa shape index (κ2) is 14.5. The van der Waals surface area contributed by atoms with Gasteiger partial charge in [0.05, 0.1) is 78.5 Å². The summed E-state index contributed by atoms with van der Waals surface area (Å²) in [5.41, 5.74) is 0.686. The number of hydrogen-bond acceptors (Lipinski definition) is 15. The number of fused-ring (bicyclic) bond motifs is 1. The molecular formula is C21H34N6O11S. The summed E-state index contributed by atoms with van der Waals surface area (Å²) in [4.78, 5) is 12.8. The molecule has 2 aromatic rings. The van der Waals surface area contributed by atoms with E-state index in [0.29, 0.717) is 83.0 Å². The lowest BCUT2D eigenvalue weighted by atomic mass is 10.1. The number of nitrogens with zero attached hydrogens (tertiary/aromatic N) is 4. The molecule has 4 heterocycles. The number of anilines is 1. The van der Waals surface area contributed by atoms with Gasteiger partial charge >= 0.3 is 10.3 Å². The van der Waals surface area contributed by atoms with Gasteiger partial charge in [0.1, 0.15) is 24.6 Å². The number of nitrogens with one attached hydrogen (secondary N) is 1. The van der Waals surface area contributed by atoms with E-state index in [9.17, 15) is 18.6 Å². The first-order valence-corrected chi connectivity index (χ1v) is 13.8. The van der Waals surface area contributed by atoms with Crippen molar-refractivity contribution in [1.82, 2.24) is 19.5 Å². The molecule has 18 heteroatoms. The summed E-state index contributed by atoms with van der Waals surface area (Å²) in [5, 5.41) is 28.9. The van der Waals surface area contributed by atoms with Crippen LogP contribution in [-0.2, 0) is 42.9 Å². The lowest BCUT2D eigenvalue weighted by molar-refractivity contribution is -0.0467. The molecule has 4 rings (SSSR count). The minimum Gasteiger partial charge on any atom is -0.387 e. The molecule has 0 saturated carbocycles. The Morgan fingerprint density at radius 2 is 1.64 bits per heavy atom. The maximum absolute atomic E-state index is 11.1. The Morgan fingerprint density at radius 1 is 0.974 bits per heavy atom. The maximum Gasteiger partial charge on any atom is 0.333 e. The van der Waals surface area contributed by atoms with E-state index in [0.717, 1.165) is 0 Å². The van der Waals surface area contributed by atoms with Gasteiger partial charge in [-0.1, -0.05) is 0 Å². The molecule has 0 spiro atoms. The molecule has 0 bridgehead atoms. The van der Waals surface area contributed by atoms with E-state index in [1.807, 2.05) is 0 Å². The van der Waals surface area contributed by atoms with Gasteiger partial charge in [0.25, 0.3) is 0 Å². The number of ether oxygens (including phenoxy) is 6. The molecule has 0 radical (unpaired) electrons. The molecule has 17 nitrogen and oxygen atoms in total. The highest BCUT2D eigenvalue weighted by molar-refractivity contribution is 7.84. The van der Waals surface area contributed by atoms with Crippen LogP contribution >= 0.6 is 0 Å². The van der Waals surface area contributed by atoms with Gasteiger partial charge in [0.15, 0.2) is 23.2 Å². The van der Waals surface area contributed by atoms with Crippen molar-refractivity contribution >= 4 is 27.3 Å². The van der Waals surface area contributed by atoms with Crippen molar-refractivity contribution in [2.75, 3.05) is 77.9 Å². The lowest BCUT2D eigenvalue weighted by Crippen LogP contribution is -2.35. The zero-order chi connectivity index (χ0) is 27.7. The molecule has 2 aliphatic heterocycles. The smallest absolute Gasteiger partial charge is 0.333 e. The van der Waals surface area contributed by atoms with Crippen molar-refractivity contribution in [3.8, 4) is 0 Å². The van der Waals surface area contributed by atoms with Gasteiger partial charge in [-0.05, 0) is 0 Å². The lowest BCUT2D eigenvalue weighted by Gasteiger charge is -2.19. The minimum absolute atomic E-state index is 0.303. The van der Waals surface area contributed by atoms with Crippen LogP contribution in [0.4, 0.5) is 5.82 Å². The average molecular weight is 579 g/mol. The summed E-state index contributed by atoms with van der Waals surface area (Å²) in [6.45, 7) is 3.56. The van der Waals surface area contributed by atoms with Crippen LogP contribution in [0, 0.1) is 0 Å². The first-order chi connectivity index (χ1) is 18.8. The third-order valence-corrected chi connectivity index (χ3v) is 6.33. The van der Waals surface area contributed by atoms with Crippen LogP contribution in [-0.4, -0.2) is 135 Å². The number of nitrogens with two attached hydrogens (primary N) is 1. The highest BCUT2D eigenvalue weighted by Gasteiger charge is 2.45. The molecule has 220 valence electrons. The number of hydrogen-bond donors (Lipinski definition) is 4. The summed E-state index contributed by atoms with van der Waals surface area (Å²) < 4.78 is 61.7. The fourth-order valence-corrected chi connectivity index (χ4v) is 4.27. The highest BCUT2D eigenvalue weighted by atomic mass is 32.2. The van der Waals surface area contributed by atoms with E-state index < -0.39 is 41.5 Å². The van der Waals surface area contributed by atoms with E-state index in [4.69, 9.17) is 33.6 Å². The van der Waals surface area contributed by atoms with E-state index >= 15 is 0 Å². The van der Waals surface area contributed by atoms with Gasteiger partial charge in [-0.2, -0.15) is 8.42 Å². The van der Waals surface area contributed by atoms with Crippen molar-refractivity contribution < 1.29 is 51.2 Å². The molecular weight excluding hydrogens is 544 g/mol. The minimum atomic E-state index is -4.25. The van der Waals surface area contributed by atoms with Gasteiger partial charge in [0.2, 0.25) is 0 Å². The Kier molecular flexibility index (Phi) is 11.1. The molecule has 0 aromatic carbocycles. The van der Waals surface area contributed by atoms with Crippen LogP contribution in [0.15, 0.2) is 12.7 Å². The molecule has 2 aliphatic rings. The van der Waals surface area contributed by atoms with Gasteiger partial charge < -0.3 is 44.0 Å². The third-order valence-electron chi connectivity index (χ3n) is 5.86. The zero-order valence-electron chi connectivity index (χ0n) is 21.2. The quantitative estimate of drug-likeness (QED) is 0.268. The zero-order valence-corrected chi connectivity index (χ0v) is 22.0. The summed E-state index contributed by atoms with van der Waals surface area (Å²) in [6, 6.07) is 0. The predicted molar refractivity (Wildman–Crippen MR) is 132 cm³/mol. The number of aliphatic hydroxyl groups excluding tert-OH is 2. The van der Waals surface area contributed by atoms with Crippen molar-refractivity contribution in [3.63, 3.8) is 0 Å². The molecule has 1 unspecified atom stereocenters. The standard InChI is InChI=1S/C21H34N6O11S/c22-39(30,31)37-11-15-17(28)18(29)21(38-15)27-13-26-16-19(24-12-25-20(16)27)23-9-14-10-35-6-5-33-2-1-32-3-4-34-7-8-36-14/h12-15,17-18,21,28-29H,1-11H2,(H2,22,30,31)(H,23,24,25)/t14?,15-,17-,18-,21-/m1/s1. The molecule has 2 fully saturated rings. The van der Waals surface area contributed by atoms with Crippen LogP contribution in [0.5, 0.6) is 0 Å². The van der Waals surface area contributed by atoms with E-state index in [1.54, 1.807) is 0 Å². The van der Waals surface area contributed by atoms with E-state index in [1.165, 1.54) is 17.2 Å². The fraction of sp³-hybridized carbons (Fsp3) is 0.762. The summed E-state index contributed by atoms with van der Waals surface area (Å²) >= 11 is 0. The normalized spacial score (nSPS) is 28.6. The molecule has 39 heavy (non-hydrogen) atoms. The Morgan fingerprint density at radius 3 is 2.33 bits per heavy atom. The van der Waals surface area contributed by atoms with Gasteiger partial charge in [-0.25, -0.2) is 20.1 Å². The first kappa shape index (κ1) is 29.9. The van der Waals surface area contributed by atoms with Crippen molar-refractivity contribution in [3.05, 3.63) is 12.7 Å². The van der Waals surface area contributed by atoms with Gasteiger partial charge in [0, 0.05) is 6.54 Å². The second-order valence-corrected chi connectivity index (χ2v) is 9.88. The van der Waals surface area contributed by atoms with E-state index in [2.05, 4.69) is 24.5 Å². The molecule has 0 amide bonds. The monoisotopic (exact) mass is 578 g/mol. The summed E-state index contributed by atoms with van der Waals surface area (Å²) in [5.74, 6) is 0.400. The molecule has 5 N–H and O–H groups in total. The number of rotatable bonds is 7. The number of imidazole rings is 1. The van der Waals surface area contributed by atoms with Crippen LogP contribution in [0.1, 0.15) is 6.23 Å². The van der Waals surface area contributed by atoms with Gasteiger partial charge in [-0.15, -0.1) is 0 Å². The molecule has 0 aliphatic carbocycles. The average Bonchev–Trinajstić information content (AvgIpc) is 3.45. The van der Waals surface area contributed by atoms with Crippen LogP contribution < -0.4 is 10.5 Å². The van der Waals surface area contributed by atoms with Crippen LogP contribution in [0.25, 0.3) is 11.2 Å². The SMILES string of the molecule is NS(=O)(=O)OC[C@H]1O[C@@H](n2cnc3c(NCC4COCCOCCOCCOCCO4)ncnc32)[C@H](O)[C@@H]1O. The topological polar surface area (TPSA) is 221 Å². The molecule has 5 atom stereocenters.